The van der Waals surface area contributed by atoms with E-state index < -0.39 is 0 Å². The van der Waals surface area contributed by atoms with Gasteiger partial charge in [-0.1, -0.05) is 201 Å². The minimum Gasteiger partial charge on any atom is -0.309 e. The molecule has 0 saturated heterocycles. The van der Waals surface area contributed by atoms with Crippen LogP contribution in [-0.2, 0) is 0 Å². The van der Waals surface area contributed by atoms with Gasteiger partial charge in [0.15, 0.2) is 0 Å². The van der Waals surface area contributed by atoms with Crippen LogP contribution in [0.2, 0.25) is 0 Å². The Morgan fingerprint density at radius 1 is 0.364 bits per heavy atom. The Kier molecular flexibility index (Phi) is 10.3. The van der Waals surface area contributed by atoms with Crippen LogP contribution in [0.5, 0.6) is 0 Å². The highest BCUT2D eigenvalue weighted by molar-refractivity contribution is 6.17. The van der Waals surface area contributed by atoms with Crippen molar-refractivity contribution in [1.82, 2.24) is 4.57 Å². The van der Waals surface area contributed by atoms with Crippen molar-refractivity contribution in [3.8, 4) is 50.2 Å². The predicted molar refractivity (Wildman–Crippen MR) is 281 cm³/mol. The van der Waals surface area contributed by atoms with E-state index in [1.54, 1.807) is 0 Å². The van der Waals surface area contributed by atoms with Crippen molar-refractivity contribution < 1.29 is 0 Å². The number of hydrogen-bond acceptors (Lipinski definition) is 1. The first-order valence-corrected chi connectivity index (χ1v) is 23.6. The maximum Gasteiger partial charge on any atom is 0.0562 e. The molecule has 0 unspecified atom stereocenters. The Morgan fingerprint density at radius 3 is 1.73 bits per heavy atom. The lowest BCUT2D eigenvalue weighted by molar-refractivity contribution is 0.445. The van der Waals surface area contributed by atoms with Gasteiger partial charge in [0.1, 0.15) is 0 Å². The van der Waals surface area contributed by atoms with Crippen molar-refractivity contribution >= 4 is 49.6 Å². The summed E-state index contributed by atoms with van der Waals surface area (Å²) in [5.74, 6) is 0.571. The molecule has 0 radical (unpaired) electrons. The number of para-hydroxylation sites is 3. The van der Waals surface area contributed by atoms with Crippen molar-refractivity contribution in [3.05, 3.63) is 242 Å². The first-order valence-electron chi connectivity index (χ1n) is 23.6. The van der Waals surface area contributed by atoms with Gasteiger partial charge in [-0.3, -0.25) is 0 Å². The third kappa shape index (κ3) is 7.07. The van der Waals surface area contributed by atoms with Gasteiger partial charge in [-0.2, -0.15) is 0 Å². The van der Waals surface area contributed by atoms with E-state index in [1.807, 2.05) is 0 Å². The third-order valence-corrected chi connectivity index (χ3v) is 14.0. The van der Waals surface area contributed by atoms with E-state index in [-0.39, 0.29) is 0 Å². The number of nitrogens with zero attached hydrogens (tertiary/aromatic N) is 2. The highest BCUT2D eigenvalue weighted by Crippen LogP contribution is 2.49. The molecule has 0 amide bonds. The molecule has 2 nitrogen and oxygen atoms in total. The second kappa shape index (κ2) is 17.2. The van der Waals surface area contributed by atoms with Crippen LogP contribution in [0.4, 0.5) is 17.1 Å². The second-order valence-corrected chi connectivity index (χ2v) is 17.8. The number of benzene rings is 10. The van der Waals surface area contributed by atoms with Gasteiger partial charge in [0.2, 0.25) is 0 Å². The van der Waals surface area contributed by atoms with Gasteiger partial charge in [-0.05, 0) is 129 Å². The number of aromatic nitrogens is 1. The van der Waals surface area contributed by atoms with E-state index >= 15 is 0 Å². The summed E-state index contributed by atoms with van der Waals surface area (Å²) in [6, 6.07) is 87.2. The summed E-state index contributed by atoms with van der Waals surface area (Å²) in [6.07, 6.45) is 6.44. The van der Waals surface area contributed by atoms with Gasteiger partial charge >= 0.3 is 0 Å². The van der Waals surface area contributed by atoms with Crippen LogP contribution in [0.3, 0.4) is 0 Å². The van der Waals surface area contributed by atoms with Gasteiger partial charge in [0.25, 0.3) is 0 Å². The van der Waals surface area contributed by atoms with Crippen LogP contribution >= 0.6 is 0 Å². The SMILES string of the molecule is c1ccc(-c2ccc(-c3ccc(N(c4ccccc4-c4cccc5cccc(C6CCCCC6)c45)c4cccc5c4c4ccccc4n5-c4ccccc4)cc3)cc2-c2ccccc2)cc1. The van der Waals surface area contributed by atoms with Crippen LogP contribution in [0.15, 0.2) is 237 Å². The van der Waals surface area contributed by atoms with E-state index in [4.69, 9.17) is 0 Å². The number of anilines is 3. The number of fused-ring (bicyclic) bond motifs is 4. The fourth-order valence-corrected chi connectivity index (χ4v) is 10.9. The molecule has 1 aromatic heterocycles. The molecular formula is C64H50N2. The summed E-state index contributed by atoms with van der Waals surface area (Å²) in [6.45, 7) is 0. The van der Waals surface area contributed by atoms with Gasteiger partial charge in [-0.25, -0.2) is 0 Å². The Morgan fingerprint density at radius 2 is 0.955 bits per heavy atom. The molecule has 0 atom stereocenters. The van der Waals surface area contributed by atoms with Crippen molar-refractivity contribution in [1.29, 1.82) is 0 Å². The van der Waals surface area contributed by atoms with Crippen LogP contribution in [0.25, 0.3) is 82.8 Å². The van der Waals surface area contributed by atoms with Crippen molar-refractivity contribution in [3.63, 3.8) is 0 Å². The second-order valence-electron chi connectivity index (χ2n) is 17.8. The Labute approximate surface area is 387 Å². The van der Waals surface area contributed by atoms with Crippen LogP contribution in [0, 0.1) is 0 Å². The molecule has 0 aliphatic heterocycles. The minimum absolute atomic E-state index is 0.571. The lowest BCUT2D eigenvalue weighted by Crippen LogP contribution is -2.12. The van der Waals surface area contributed by atoms with E-state index in [2.05, 4.69) is 246 Å². The smallest absolute Gasteiger partial charge is 0.0562 e. The fourth-order valence-electron chi connectivity index (χ4n) is 10.9. The molecule has 316 valence electrons. The van der Waals surface area contributed by atoms with E-state index in [0.29, 0.717) is 5.92 Å². The largest absolute Gasteiger partial charge is 0.309 e. The highest BCUT2D eigenvalue weighted by atomic mass is 15.2. The highest BCUT2D eigenvalue weighted by Gasteiger charge is 2.25. The number of hydrogen-bond donors (Lipinski definition) is 0. The van der Waals surface area contributed by atoms with Gasteiger partial charge < -0.3 is 9.47 Å². The molecule has 1 saturated carbocycles. The summed E-state index contributed by atoms with van der Waals surface area (Å²) < 4.78 is 2.42. The summed E-state index contributed by atoms with van der Waals surface area (Å²) in [5.41, 5.74) is 18.2. The molecule has 0 spiro atoms. The quantitative estimate of drug-likeness (QED) is 0.140. The van der Waals surface area contributed by atoms with Crippen LogP contribution in [-0.4, -0.2) is 4.57 Å². The van der Waals surface area contributed by atoms with E-state index in [0.717, 1.165) is 22.7 Å². The Hall–Kier alpha value is -7.94. The molecule has 2 heteroatoms. The molecule has 12 rings (SSSR count). The first-order chi connectivity index (χ1) is 32.8. The molecule has 10 aromatic carbocycles. The van der Waals surface area contributed by atoms with E-state index in [1.165, 1.54) is 115 Å². The topological polar surface area (TPSA) is 8.17 Å². The molecule has 0 N–H and O–H groups in total. The monoisotopic (exact) mass is 846 g/mol. The molecule has 1 fully saturated rings. The average molecular weight is 847 g/mol. The fraction of sp³-hybridized carbons (Fsp3) is 0.0938. The van der Waals surface area contributed by atoms with Crippen molar-refractivity contribution in [2.24, 2.45) is 0 Å². The summed E-state index contributed by atoms with van der Waals surface area (Å²) in [4.78, 5) is 2.53. The predicted octanol–water partition coefficient (Wildman–Crippen LogP) is 18.1. The zero-order valence-electron chi connectivity index (χ0n) is 37.0. The van der Waals surface area contributed by atoms with Crippen molar-refractivity contribution in [2.45, 2.75) is 38.0 Å². The standard InChI is InChI=1S/C64H50N2/c1-5-20-46(21-6-1)53-43-40-50(44-58(53)48-24-9-3-10-25-48)45-38-41-52(42-39-45)66(62-37-19-36-61-64(62)57-31-14-16-35-60(57)65(61)51-28-11-4-12-29-51)59-34-15-13-30-55(59)56-33-18-27-49-26-17-32-54(63(49)56)47-22-7-2-8-23-47/h1,3-6,9-21,24-44,47H,2,7-8,22-23H2. The molecule has 1 aliphatic rings. The van der Waals surface area contributed by atoms with Crippen LogP contribution in [0.1, 0.15) is 43.6 Å². The maximum atomic E-state index is 2.53. The van der Waals surface area contributed by atoms with E-state index in [9.17, 15) is 0 Å². The zero-order valence-corrected chi connectivity index (χ0v) is 37.0. The lowest BCUT2D eigenvalue weighted by atomic mass is 9.80. The van der Waals surface area contributed by atoms with Gasteiger partial charge in [0, 0.05) is 27.7 Å². The molecular weight excluding hydrogens is 797 g/mol. The summed E-state index contributed by atoms with van der Waals surface area (Å²) in [5, 5.41) is 5.15. The lowest BCUT2D eigenvalue weighted by Gasteiger charge is -2.30. The maximum absolute atomic E-state index is 2.53. The molecule has 1 aliphatic carbocycles. The van der Waals surface area contributed by atoms with Crippen LogP contribution < -0.4 is 4.90 Å². The molecule has 1 heterocycles. The average Bonchev–Trinajstić information content (AvgIpc) is 3.75. The molecule has 11 aromatic rings. The Bertz CT molecular complexity index is 3480. The first kappa shape index (κ1) is 39.6. The normalized spacial score (nSPS) is 13.1. The molecule has 66 heavy (non-hydrogen) atoms. The van der Waals surface area contributed by atoms with Crippen molar-refractivity contribution in [2.75, 3.05) is 4.90 Å². The number of rotatable bonds is 9. The minimum atomic E-state index is 0.571. The third-order valence-electron chi connectivity index (χ3n) is 14.0. The zero-order chi connectivity index (χ0) is 43.8. The Balaban J connectivity index is 1.07. The van der Waals surface area contributed by atoms with Gasteiger partial charge in [-0.15, -0.1) is 0 Å². The summed E-state index contributed by atoms with van der Waals surface area (Å²) in [7, 11) is 0. The summed E-state index contributed by atoms with van der Waals surface area (Å²) >= 11 is 0. The van der Waals surface area contributed by atoms with Gasteiger partial charge in [0.05, 0.1) is 22.4 Å². The molecule has 0 bridgehead atoms.